The first kappa shape index (κ1) is 15.2. The van der Waals surface area contributed by atoms with E-state index in [2.05, 4.69) is 11.2 Å². The zero-order chi connectivity index (χ0) is 13.8. The molecule has 1 rings (SSSR count). The van der Waals surface area contributed by atoms with E-state index in [4.69, 9.17) is 6.42 Å². The summed E-state index contributed by atoms with van der Waals surface area (Å²) in [6.07, 6.45) is 5.15. The third-order valence-corrected chi connectivity index (χ3v) is 5.58. The van der Waals surface area contributed by atoms with Crippen molar-refractivity contribution in [3.8, 4) is 12.3 Å². The van der Waals surface area contributed by atoms with Gasteiger partial charge >= 0.3 is 0 Å². The van der Waals surface area contributed by atoms with Gasteiger partial charge in [-0.15, -0.1) is 17.8 Å². The molecule has 0 saturated heterocycles. The van der Waals surface area contributed by atoms with Gasteiger partial charge in [-0.25, -0.2) is 8.42 Å². The Bertz CT molecular complexity index is 541. The Morgan fingerprint density at radius 2 is 2.22 bits per heavy atom. The molecule has 0 spiro atoms. The molecule has 1 heterocycles. The molecule has 0 aromatic carbocycles. The lowest BCUT2D eigenvalue weighted by molar-refractivity contribution is 0.503. The van der Waals surface area contributed by atoms with Gasteiger partial charge in [-0.2, -0.15) is 4.31 Å². The summed E-state index contributed by atoms with van der Waals surface area (Å²) >= 11 is 1.50. The molecular formula is C12H18N2O2S2. The molecule has 1 aromatic heterocycles. The van der Waals surface area contributed by atoms with Crippen LogP contribution < -0.4 is 5.32 Å². The Labute approximate surface area is 113 Å². The minimum absolute atomic E-state index is 0.0835. The maximum Gasteiger partial charge on any atom is 0.244 e. The molecule has 0 bridgehead atoms. The van der Waals surface area contributed by atoms with Crippen LogP contribution in [0.15, 0.2) is 11.0 Å². The van der Waals surface area contributed by atoms with Gasteiger partial charge in [0, 0.05) is 23.3 Å². The standard InChI is InChI=1S/C12H18N2O2S2/c1-5-7-14(4)18(15,16)12-8-11(9-13-6-2)17-10(12)3/h1,8,13H,6-7,9H2,2-4H3. The normalized spacial score (nSPS) is 11.7. The quantitative estimate of drug-likeness (QED) is 0.805. The van der Waals surface area contributed by atoms with Gasteiger partial charge in [0.25, 0.3) is 0 Å². The monoisotopic (exact) mass is 286 g/mol. The number of hydrogen-bond acceptors (Lipinski definition) is 4. The first-order valence-corrected chi connectivity index (χ1v) is 7.89. The fraction of sp³-hybridized carbons (Fsp3) is 0.500. The van der Waals surface area contributed by atoms with Crippen molar-refractivity contribution in [2.45, 2.75) is 25.3 Å². The molecule has 18 heavy (non-hydrogen) atoms. The van der Waals surface area contributed by atoms with E-state index in [1.807, 2.05) is 13.8 Å². The molecule has 1 aromatic rings. The number of terminal acetylenes is 1. The van der Waals surface area contributed by atoms with Gasteiger partial charge in [0.2, 0.25) is 10.0 Å². The van der Waals surface area contributed by atoms with E-state index in [0.29, 0.717) is 11.4 Å². The van der Waals surface area contributed by atoms with Crippen LogP contribution in [-0.4, -0.2) is 32.9 Å². The molecule has 0 aliphatic rings. The Balaban J connectivity index is 3.03. The van der Waals surface area contributed by atoms with E-state index in [0.717, 1.165) is 16.3 Å². The molecule has 1 N–H and O–H groups in total. The van der Waals surface area contributed by atoms with E-state index >= 15 is 0 Å². The number of rotatable bonds is 6. The second kappa shape index (κ2) is 6.34. The lowest BCUT2D eigenvalue weighted by Gasteiger charge is -2.13. The molecule has 100 valence electrons. The molecule has 4 nitrogen and oxygen atoms in total. The molecular weight excluding hydrogens is 268 g/mol. The van der Waals surface area contributed by atoms with Gasteiger partial charge in [-0.05, 0) is 19.5 Å². The first-order chi connectivity index (χ1) is 8.43. The van der Waals surface area contributed by atoms with Gasteiger partial charge in [0.05, 0.1) is 11.4 Å². The summed E-state index contributed by atoms with van der Waals surface area (Å²) < 4.78 is 25.7. The summed E-state index contributed by atoms with van der Waals surface area (Å²) in [5.41, 5.74) is 0. The van der Waals surface area contributed by atoms with Crippen LogP contribution in [0.3, 0.4) is 0 Å². The second-order valence-corrected chi connectivity index (χ2v) is 7.23. The fourth-order valence-electron chi connectivity index (χ4n) is 1.50. The van der Waals surface area contributed by atoms with Crippen LogP contribution >= 0.6 is 11.3 Å². The zero-order valence-electron chi connectivity index (χ0n) is 10.9. The van der Waals surface area contributed by atoms with Gasteiger partial charge in [0.15, 0.2) is 0 Å². The lowest BCUT2D eigenvalue weighted by Crippen LogP contribution is -2.27. The molecule has 0 radical (unpaired) electrons. The molecule has 6 heteroatoms. The van der Waals surface area contributed by atoms with E-state index in [1.165, 1.54) is 22.7 Å². The Morgan fingerprint density at radius 3 is 2.78 bits per heavy atom. The molecule has 0 aliphatic heterocycles. The van der Waals surface area contributed by atoms with Gasteiger partial charge < -0.3 is 5.32 Å². The summed E-state index contributed by atoms with van der Waals surface area (Å²) in [5, 5.41) is 3.18. The predicted molar refractivity (Wildman–Crippen MR) is 75.1 cm³/mol. The number of hydrogen-bond donors (Lipinski definition) is 1. The third-order valence-electron chi connectivity index (χ3n) is 2.47. The Hall–Kier alpha value is -0.870. The Kier molecular flexibility index (Phi) is 5.35. The van der Waals surface area contributed by atoms with Crippen molar-refractivity contribution in [3.05, 3.63) is 15.8 Å². The van der Waals surface area contributed by atoms with Crippen LogP contribution in [0.25, 0.3) is 0 Å². The zero-order valence-corrected chi connectivity index (χ0v) is 12.5. The van der Waals surface area contributed by atoms with Crippen molar-refractivity contribution in [1.82, 2.24) is 9.62 Å². The van der Waals surface area contributed by atoms with E-state index < -0.39 is 10.0 Å². The number of nitrogens with zero attached hydrogens (tertiary/aromatic N) is 1. The van der Waals surface area contributed by atoms with Crippen molar-refractivity contribution < 1.29 is 8.42 Å². The SMILES string of the molecule is C#CCN(C)S(=O)(=O)c1cc(CNCC)sc1C. The topological polar surface area (TPSA) is 49.4 Å². The second-order valence-electron chi connectivity index (χ2n) is 3.88. The van der Waals surface area contributed by atoms with Crippen molar-refractivity contribution in [3.63, 3.8) is 0 Å². The molecule has 0 unspecified atom stereocenters. The van der Waals surface area contributed by atoms with Crippen molar-refractivity contribution >= 4 is 21.4 Å². The van der Waals surface area contributed by atoms with Gasteiger partial charge in [-0.1, -0.05) is 12.8 Å². The molecule has 0 amide bonds. The van der Waals surface area contributed by atoms with Crippen LogP contribution in [0.5, 0.6) is 0 Å². The highest BCUT2D eigenvalue weighted by molar-refractivity contribution is 7.89. The predicted octanol–water partition coefficient (Wildman–Crippen LogP) is 1.42. The van der Waals surface area contributed by atoms with Crippen LogP contribution in [-0.2, 0) is 16.6 Å². The number of sulfonamides is 1. The molecule has 0 aliphatic carbocycles. The highest BCUT2D eigenvalue weighted by Gasteiger charge is 2.24. The average Bonchev–Trinajstić information content (AvgIpc) is 2.69. The van der Waals surface area contributed by atoms with E-state index in [-0.39, 0.29) is 6.54 Å². The summed E-state index contributed by atoms with van der Waals surface area (Å²) in [4.78, 5) is 2.17. The van der Waals surface area contributed by atoms with E-state index in [1.54, 1.807) is 6.07 Å². The fourth-order valence-corrected chi connectivity index (χ4v) is 4.15. The minimum Gasteiger partial charge on any atom is -0.312 e. The lowest BCUT2D eigenvalue weighted by atomic mass is 10.4. The highest BCUT2D eigenvalue weighted by atomic mass is 32.2. The van der Waals surface area contributed by atoms with Gasteiger partial charge in [-0.3, -0.25) is 0 Å². The van der Waals surface area contributed by atoms with Crippen molar-refractivity contribution in [2.24, 2.45) is 0 Å². The van der Waals surface area contributed by atoms with Crippen LogP contribution in [0.1, 0.15) is 16.7 Å². The van der Waals surface area contributed by atoms with E-state index in [9.17, 15) is 8.42 Å². The van der Waals surface area contributed by atoms with Crippen LogP contribution in [0.4, 0.5) is 0 Å². The number of nitrogens with one attached hydrogen (secondary N) is 1. The molecule has 0 atom stereocenters. The van der Waals surface area contributed by atoms with Crippen molar-refractivity contribution in [1.29, 1.82) is 0 Å². The maximum atomic E-state index is 12.2. The largest absolute Gasteiger partial charge is 0.312 e. The highest BCUT2D eigenvalue weighted by Crippen LogP contribution is 2.27. The third kappa shape index (κ3) is 3.33. The minimum atomic E-state index is -3.46. The Morgan fingerprint density at radius 1 is 1.56 bits per heavy atom. The number of aryl methyl sites for hydroxylation is 1. The first-order valence-electron chi connectivity index (χ1n) is 5.63. The summed E-state index contributed by atoms with van der Waals surface area (Å²) in [6.45, 7) is 5.46. The smallest absolute Gasteiger partial charge is 0.244 e. The molecule has 0 saturated carbocycles. The summed E-state index contributed by atoms with van der Waals surface area (Å²) in [5.74, 6) is 2.34. The summed E-state index contributed by atoms with van der Waals surface area (Å²) in [6, 6.07) is 1.73. The van der Waals surface area contributed by atoms with Crippen LogP contribution in [0, 0.1) is 19.3 Å². The summed E-state index contributed by atoms with van der Waals surface area (Å²) in [7, 11) is -1.97. The molecule has 0 fully saturated rings. The number of thiophene rings is 1. The maximum absolute atomic E-state index is 12.2. The average molecular weight is 286 g/mol. The van der Waals surface area contributed by atoms with Gasteiger partial charge in [0.1, 0.15) is 0 Å². The van der Waals surface area contributed by atoms with Crippen molar-refractivity contribution in [2.75, 3.05) is 20.1 Å². The van der Waals surface area contributed by atoms with Crippen LogP contribution in [0.2, 0.25) is 0 Å².